The molecule has 0 spiro atoms. The third kappa shape index (κ3) is 2.66. The summed E-state index contributed by atoms with van der Waals surface area (Å²) >= 11 is 5.94. The van der Waals surface area contributed by atoms with Crippen LogP contribution in [0.5, 0.6) is 0 Å². The van der Waals surface area contributed by atoms with Crippen LogP contribution in [0.25, 0.3) is 10.9 Å². The molecule has 0 aliphatic carbocycles. The van der Waals surface area contributed by atoms with Crippen LogP contribution in [0.1, 0.15) is 10.4 Å². The van der Waals surface area contributed by atoms with Gasteiger partial charge in [0.1, 0.15) is 0 Å². The number of carbonyl (C=O) groups is 2. The van der Waals surface area contributed by atoms with Gasteiger partial charge in [-0.25, -0.2) is 0 Å². The van der Waals surface area contributed by atoms with E-state index in [9.17, 15) is 9.59 Å². The van der Waals surface area contributed by atoms with E-state index < -0.39 is 11.7 Å². The van der Waals surface area contributed by atoms with Crippen LogP contribution in [0.4, 0.5) is 5.69 Å². The Balaban J connectivity index is 1.90. The zero-order valence-electron chi connectivity index (χ0n) is 10.9. The van der Waals surface area contributed by atoms with Crippen molar-refractivity contribution in [3.05, 3.63) is 65.3 Å². The van der Waals surface area contributed by atoms with Crippen LogP contribution >= 0.6 is 11.6 Å². The monoisotopic (exact) mass is 298 g/mol. The minimum atomic E-state index is -0.679. The van der Waals surface area contributed by atoms with Crippen LogP contribution in [-0.4, -0.2) is 16.7 Å². The molecule has 0 atom stereocenters. The zero-order valence-corrected chi connectivity index (χ0v) is 11.6. The first-order valence-electron chi connectivity index (χ1n) is 6.32. The van der Waals surface area contributed by atoms with Crippen molar-refractivity contribution >= 4 is 39.9 Å². The van der Waals surface area contributed by atoms with Crippen molar-refractivity contribution in [2.24, 2.45) is 0 Å². The number of fused-ring (bicyclic) bond motifs is 1. The first-order chi connectivity index (χ1) is 10.1. The molecule has 2 N–H and O–H groups in total. The second-order valence-electron chi connectivity index (χ2n) is 4.54. The van der Waals surface area contributed by atoms with Crippen molar-refractivity contribution in [1.82, 2.24) is 4.98 Å². The van der Waals surface area contributed by atoms with E-state index in [0.717, 1.165) is 5.52 Å². The fourth-order valence-electron chi connectivity index (χ4n) is 2.11. The first kappa shape index (κ1) is 13.4. The van der Waals surface area contributed by atoms with Gasteiger partial charge in [-0.05, 0) is 30.3 Å². The van der Waals surface area contributed by atoms with Gasteiger partial charge in [0.25, 0.3) is 11.7 Å². The molecule has 0 aliphatic heterocycles. The van der Waals surface area contributed by atoms with Crippen LogP contribution in [0, 0.1) is 0 Å². The van der Waals surface area contributed by atoms with Crippen LogP contribution < -0.4 is 5.32 Å². The molecule has 1 amide bonds. The molecule has 0 fully saturated rings. The molecule has 2 aromatic carbocycles. The molecule has 0 bridgehead atoms. The number of aromatic nitrogens is 1. The highest BCUT2D eigenvalue weighted by Gasteiger charge is 2.20. The van der Waals surface area contributed by atoms with Gasteiger partial charge in [0.2, 0.25) is 0 Å². The summed E-state index contributed by atoms with van der Waals surface area (Å²) in [5.41, 5.74) is 1.64. The molecule has 1 aromatic heterocycles. The van der Waals surface area contributed by atoms with E-state index in [-0.39, 0.29) is 0 Å². The normalized spacial score (nSPS) is 10.5. The van der Waals surface area contributed by atoms with Gasteiger partial charge in [-0.1, -0.05) is 29.8 Å². The Bertz CT molecular complexity index is 825. The number of anilines is 1. The van der Waals surface area contributed by atoms with Gasteiger partial charge < -0.3 is 10.3 Å². The fourth-order valence-corrected chi connectivity index (χ4v) is 2.28. The zero-order chi connectivity index (χ0) is 14.8. The van der Waals surface area contributed by atoms with Crippen LogP contribution in [0.15, 0.2) is 54.7 Å². The molecule has 5 heteroatoms. The number of para-hydroxylation sites is 1. The van der Waals surface area contributed by atoms with Gasteiger partial charge in [-0.3, -0.25) is 9.59 Å². The topological polar surface area (TPSA) is 62.0 Å². The number of benzene rings is 2. The molecule has 3 rings (SSSR count). The number of hydrogen-bond donors (Lipinski definition) is 2. The number of aromatic amines is 1. The summed E-state index contributed by atoms with van der Waals surface area (Å²) < 4.78 is 0. The predicted octanol–water partition coefficient (Wildman–Crippen LogP) is 3.64. The van der Waals surface area contributed by atoms with Crippen molar-refractivity contribution in [3.63, 3.8) is 0 Å². The number of rotatable bonds is 3. The Hall–Kier alpha value is -2.59. The highest BCUT2D eigenvalue weighted by molar-refractivity contribution is 6.48. The molecular formula is C16H11ClN2O2. The largest absolute Gasteiger partial charge is 0.360 e. The molecule has 0 saturated carbocycles. The van der Waals surface area contributed by atoms with E-state index in [1.165, 1.54) is 6.20 Å². The van der Waals surface area contributed by atoms with E-state index in [1.54, 1.807) is 42.5 Å². The fraction of sp³-hybridized carbons (Fsp3) is 0. The van der Waals surface area contributed by atoms with E-state index in [2.05, 4.69) is 10.3 Å². The molecule has 21 heavy (non-hydrogen) atoms. The summed E-state index contributed by atoms with van der Waals surface area (Å²) in [6.45, 7) is 0. The van der Waals surface area contributed by atoms with Gasteiger partial charge in [-0.15, -0.1) is 0 Å². The quantitative estimate of drug-likeness (QED) is 0.573. The smallest absolute Gasteiger partial charge is 0.296 e. The predicted molar refractivity (Wildman–Crippen MR) is 82.7 cm³/mol. The van der Waals surface area contributed by atoms with E-state index in [0.29, 0.717) is 21.7 Å². The third-order valence-corrected chi connectivity index (χ3v) is 3.36. The Morgan fingerprint density at radius 1 is 1.05 bits per heavy atom. The van der Waals surface area contributed by atoms with Crippen LogP contribution in [0.3, 0.4) is 0 Å². The minimum Gasteiger partial charge on any atom is -0.360 e. The SMILES string of the molecule is O=C(Nc1ccccc1)C(=O)c1c[nH]c2ccc(Cl)cc12. The molecular weight excluding hydrogens is 288 g/mol. The average molecular weight is 299 g/mol. The number of Topliss-reactive ketones (excluding diaryl/α,β-unsaturated/α-hetero) is 1. The van der Waals surface area contributed by atoms with Crippen molar-refractivity contribution < 1.29 is 9.59 Å². The number of carbonyl (C=O) groups excluding carboxylic acids is 2. The molecule has 104 valence electrons. The second-order valence-corrected chi connectivity index (χ2v) is 4.98. The van der Waals surface area contributed by atoms with Crippen molar-refractivity contribution in [3.8, 4) is 0 Å². The van der Waals surface area contributed by atoms with Crippen molar-refractivity contribution in [2.75, 3.05) is 5.32 Å². The molecule has 0 aliphatic rings. The Morgan fingerprint density at radius 2 is 1.81 bits per heavy atom. The lowest BCUT2D eigenvalue weighted by Gasteiger charge is -2.03. The van der Waals surface area contributed by atoms with Crippen LogP contribution in [0.2, 0.25) is 5.02 Å². The highest BCUT2D eigenvalue weighted by atomic mass is 35.5. The lowest BCUT2D eigenvalue weighted by Crippen LogP contribution is -2.22. The highest BCUT2D eigenvalue weighted by Crippen LogP contribution is 2.23. The second kappa shape index (κ2) is 5.42. The summed E-state index contributed by atoms with van der Waals surface area (Å²) in [7, 11) is 0. The molecule has 1 heterocycles. The number of hydrogen-bond acceptors (Lipinski definition) is 2. The van der Waals surface area contributed by atoms with Gasteiger partial charge in [-0.2, -0.15) is 0 Å². The summed E-state index contributed by atoms with van der Waals surface area (Å²) in [4.78, 5) is 27.2. The lowest BCUT2D eigenvalue weighted by atomic mass is 10.1. The summed E-state index contributed by atoms with van der Waals surface area (Å²) in [6.07, 6.45) is 1.52. The van der Waals surface area contributed by atoms with Gasteiger partial charge in [0, 0.05) is 27.8 Å². The first-order valence-corrected chi connectivity index (χ1v) is 6.70. The molecule has 3 aromatic rings. The maximum atomic E-state index is 12.3. The van der Waals surface area contributed by atoms with Crippen LogP contribution in [-0.2, 0) is 4.79 Å². The molecule has 0 unspecified atom stereocenters. The standard InChI is InChI=1S/C16H11ClN2O2/c17-10-6-7-14-12(8-10)13(9-18-14)15(20)16(21)19-11-4-2-1-3-5-11/h1-9,18H,(H,19,21). The summed E-state index contributed by atoms with van der Waals surface area (Å²) in [5.74, 6) is -1.28. The number of nitrogens with one attached hydrogen (secondary N) is 2. The number of amides is 1. The third-order valence-electron chi connectivity index (χ3n) is 3.13. The maximum absolute atomic E-state index is 12.3. The number of H-pyrrole nitrogens is 1. The Kier molecular flexibility index (Phi) is 3.46. The van der Waals surface area contributed by atoms with Gasteiger partial charge in [0.15, 0.2) is 0 Å². The summed E-state index contributed by atoms with van der Waals surface area (Å²) in [6, 6.07) is 14.0. The Labute approximate surface area is 125 Å². The maximum Gasteiger partial charge on any atom is 0.296 e. The average Bonchev–Trinajstić information content (AvgIpc) is 2.90. The molecule has 4 nitrogen and oxygen atoms in total. The van der Waals surface area contributed by atoms with E-state index in [1.807, 2.05) is 6.07 Å². The number of ketones is 1. The Morgan fingerprint density at radius 3 is 2.57 bits per heavy atom. The molecule has 0 saturated heterocycles. The van der Waals surface area contributed by atoms with Crippen molar-refractivity contribution in [2.45, 2.75) is 0 Å². The van der Waals surface area contributed by atoms with E-state index in [4.69, 9.17) is 11.6 Å². The molecule has 0 radical (unpaired) electrons. The summed E-state index contributed by atoms with van der Waals surface area (Å²) in [5, 5.41) is 3.72. The van der Waals surface area contributed by atoms with Crippen molar-refractivity contribution in [1.29, 1.82) is 0 Å². The lowest BCUT2D eigenvalue weighted by molar-refractivity contribution is -0.112. The van der Waals surface area contributed by atoms with Gasteiger partial charge in [0.05, 0.1) is 5.56 Å². The van der Waals surface area contributed by atoms with Gasteiger partial charge >= 0.3 is 0 Å². The van der Waals surface area contributed by atoms with E-state index >= 15 is 0 Å². The minimum absolute atomic E-state index is 0.306. The number of halogens is 1.